The predicted molar refractivity (Wildman–Crippen MR) is 85.2 cm³/mol. The van der Waals surface area contributed by atoms with E-state index < -0.39 is 0 Å². The van der Waals surface area contributed by atoms with E-state index in [1.54, 1.807) is 0 Å². The average Bonchev–Trinajstić information content (AvgIpc) is 2.39. The van der Waals surface area contributed by atoms with Crippen molar-refractivity contribution in [3.8, 4) is 5.75 Å². The molecule has 4 heteroatoms. The second kappa shape index (κ2) is 5.40. The maximum absolute atomic E-state index is 6.30. The Balaban J connectivity index is 1.97. The van der Waals surface area contributed by atoms with E-state index in [2.05, 4.69) is 15.9 Å². The van der Waals surface area contributed by atoms with Gasteiger partial charge in [0.05, 0.1) is 0 Å². The van der Waals surface area contributed by atoms with Crippen molar-refractivity contribution >= 4 is 27.5 Å². The van der Waals surface area contributed by atoms with E-state index >= 15 is 0 Å². The number of hydrogen-bond donors (Lipinski definition) is 1. The van der Waals surface area contributed by atoms with Gasteiger partial charge in [-0.25, -0.2) is 0 Å². The fourth-order valence-electron chi connectivity index (χ4n) is 2.67. The van der Waals surface area contributed by atoms with Gasteiger partial charge in [0.1, 0.15) is 11.9 Å². The van der Waals surface area contributed by atoms with Crippen molar-refractivity contribution in [2.75, 3.05) is 0 Å². The van der Waals surface area contributed by atoms with Crippen LogP contribution >= 0.6 is 27.5 Å². The van der Waals surface area contributed by atoms with Crippen molar-refractivity contribution in [3.63, 3.8) is 0 Å². The summed E-state index contributed by atoms with van der Waals surface area (Å²) in [5, 5.41) is 0.746. The van der Waals surface area contributed by atoms with Gasteiger partial charge in [-0.2, -0.15) is 0 Å². The van der Waals surface area contributed by atoms with E-state index in [1.807, 2.05) is 43.3 Å². The molecule has 2 atom stereocenters. The highest BCUT2D eigenvalue weighted by Gasteiger charge is 2.28. The Kier molecular flexibility index (Phi) is 3.76. The lowest BCUT2D eigenvalue weighted by Crippen LogP contribution is -2.24. The van der Waals surface area contributed by atoms with E-state index in [1.165, 1.54) is 0 Å². The van der Waals surface area contributed by atoms with Gasteiger partial charge in [-0.05, 0) is 48.4 Å². The molecule has 0 bridgehead atoms. The van der Waals surface area contributed by atoms with Gasteiger partial charge in [-0.15, -0.1) is 0 Å². The molecule has 1 unspecified atom stereocenters. The van der Waals surface area contributed by atoms with Crippen LogP contribution in [0, 0.1) is 6.92 Å². The second-order valence-electron chi connectivity index (χ2n) is 5.13. The first-order valence-corrected chi connectivity index (χ1v) is 7.69. The first kappa shape index (κ1) is 13.9. The van der Waals surface area contributed by atoms with Gasteiger partial charge in [0.25, 0.3) is 0 Å². The summed E-state index contributed by atoms with van der Waals surface area (Å²) < 4.78 is 7.14. The minimum atomic E-state index is -0.0176. The molecule has 20 heavy (non-hydrogen) atoms. The van der Waals surface area contributed by atoms with Crippen LogP contribution < -0.4 is 10.5 Å². The fourth-order valence-corrected chi connectivity index (χ4v) is 3.27. The van der Waals surface area contributed by atoms with Crippen LogP contribution in [-0.2, 0) is 0 Å². The Bertz CT molecular complexity index is 659. The molecule has 0 amide bonds. The molecule has 1 aliphatic heterocycles. The molecule has 0 aromatic heterocycles. The van der Waals surface area contributed by atoms with E-state index in [0.717, 1.165) is 38.4 Å². The average molecular weight is 353 g/mol. The summed E-state index contributed by atoms with van der Waals surface area (Å²) in [5.74, 6) is 0.867. The normalized spacial score (nSPS) is 21.2. The van der Waals surface area contributed by atoms with Crippen molar-refractivity contribution in [1.82, 2.24) is 0 Å². The second-order valence-corrected chi connectivity index (χ2v) is 6.48. The van der Waals surface area contributed by atoms with Crippen molar-refractivity contribution in [1.29, 1.82) is 0 Å². The lowest BCUT2D eigenvalue weighted by atomic mass is 9.92. The maximum Gasteiger partial charge on any atom is 0.126 e. The first-order chi connectivity index (χ1) is 9.54. The van der Waals surface area contributed by atoms with Gasteiger partial charge in [0.15, 0.2) is 0 Å². The van der Waals surface area contributed by atoms with Crippen LogP contribution in [0.25, 0.3) is 0 Å². The van der Waals surface area contributed by atoms with E-state index in [0.29, 0.717) is 0 Å². The molecule has 0 radical (unpaired) electrons. The van der Waals surface area contributed by atoms with Crippen molar-refractivity contribution in [3.05, 3.63) is 62.6 Å². The van der Waals surface area contributed by atoms with E-state index in [-0.39, 0.29) is 12.1 Å². The Labute approximate surface area is 132 Å². The van der Waals surface area contributed by atoms with Gasteiger partial charge in [-0.1, -0.05) is 33.6 Å². The minimum absolute atomic E-state index is 0.0173. The number of halogens is 2. The third-order valence-corrected chi connectivity index (χ3v) is 4.42. The topological polar surface area (TPSA) is 35.2 Å². The summed E-state index contributed by atoms with van der Waals surface area (Å²) in [6.07, 6.45) is 0.752. The highest BCUT2D eigenvalue weighted by atomic mass is 79.9. The van der Waals surface area contributed by atoms with E-state index in [9.17, 15) is 0 Å². The van der Waals surface area contributed by atoms with Crippen LogP contribution in [0.5, 0.6) is 5.75 Å². The molecule has 2 aromatic rings. The standard InChI is InChI=1S/C16H15BrClNO/c1-9-6-11(18)3-4-12(9)16-8-14(19)13-7-10(17)2-5-15(13)20-16/h2-7,14,16H,8,19H2,1H3/t14-,16?/m1/s1. The minimum Gasteiger partial charge on any atom is -0.485 e. The summed E-state index contributed by atoms with van der Waals surface area (Å²) in [6, 6.07) is 11.8. The zero-order valence-electron chi connectivity index (χ0n) is 11.1. The molecular weight excluding hydrogens is 338 g/mol. The smallest absolute Gasteiger partial charge is 0.126 e. The third kappa shape index (κ3) is 2.58. The summed E-state index contributed by atoms with van der Waals surface area (Å²) in [7, 11) is 0. The Morgan fingerprint density at radius 3 is 2.75 bits per heavy atom. The Morgan fingerprint density at radius 1 is 1.20 bits per heavy atom. The zero-order valence-corrected chi connectivity index (χ0v) is 13.4. The lowest BCUT2D eigenvalue weighted by molar-refractivity contribution is 0.161. The third-order valence-electron chi connectivity index (χ3n) is 3.69. The molecule has 2 aromatic carbocycles. The summed E-state index contributed by atoms with van der Waals surface area (Å²) in [4.78, 5) is 0. The summed E-state index contributed by atoms with van der Waals surface area (Å²) in [5.41, 5.74) is 9.64. The summed E-state index contributed by atoms with van der Waals surface area (Å²) >= 11 is 9.48. The number of fused-ring (bicyclic) bond motifs is 1. The van der Waals surface area contributed by atoms with Crippen LogP contribution in [-0.4, -0.2) is 0 Å². The SMILES string of the molecule is Cc1cc(Cl)ccc1C1C[C@@H](N)c2cc(Br)ccc2O1. The highest BCUT2D eigenvalue weighted by Crippen LogP contribution is 2.41. The van der Waals surface area contributed by atoms with Crippen LogP contribution in [0.4, 0.5) is 0 Å². The zero-order chi connectivity index (χ0) is 14.3. The van der Waals surface area contributed by atoms with Gasteiger partial charge in [0.2, 0.25) is 0 Å². The maximum atomic E-state index is 6.30. The molecule has 1 aliphatic rings. The lowest BCUT2D eigenvalue weighted by Gasteiger charge is -2.31. The van der Waals surface area contributed by atoms with Crippen LogP contribution in [0.1, 0.15) is 35.3 Å². The predicted octanol–water partition coefficient (Wildman–Crippen LogP) is 4.93. The molecule has 0 fully saturated rings. The Hall–Kier alpha value is -1.03. The number of hydrogen-bond acceptors (Lipinski definition) is 2. The van der Waals surface area contributed by atoms with Crippen LogP contribution in [0.3, 0.4) is 0 Å². The molecule has 0 aliphatic carbocycles. The van der Waals surface area contributed by atoms with Gasteiger partial charge in [0, 0.05) is 27.5 Å². The molecule has 104 valence electrons. The molecule has 0 spiro atoms. The van der Waals surface area contributed by atoms with Crippen molar-refractivity contribution < 1.29 is 4.74 Å². The molecule has 2 nitrogen and oxygen atoms in total. The highest BCUT2D eigenvalue weighted by molar-refractivity contribution is 9.10. The molecule has 1 heterocycles. The number of nitrogens with two attached hydrogens (primary N) is 1. The number of ether oxygens (including phenoxy) is 1. The molecule has 0 saturated carbocycles. The molecule has 0 saturated heterocycles. The molecular formula is C16H15BrClNO. The number of benzene rings is 2. The monoisotopic (exact) mass is 351 g/mol. The largest absolute Gasteiger partial charge is 0.485 e. The quantitative estimate of drug-likeness (QED) is 0.789. The van der Waals surface area contributed by atoms with Crippen LogP contribution in [0.2, 0.25) is 5.02 Å². The first-order valence-electron chi connectivity index (χ1n) is 6.52. The van der Waals surface area contributed by atoms with Gasteiger partial charge < -0.3 is 10.5 Å². The van der Waals surface area contributed by atoms with Gasteiger partial charge in [-0.3, -0.25) is 0 Å². The molecule has 3 rings (SSSR count). The number of aryl methyl sites for hydroxylation is 1. The van der Waals surface area contributed by atoms with Crippen molar-refractivity contribution in [2.24, 2.45) is 5.73 Å². The fraction of sp³-hybridized carbons (Fsp3) is 0.250. The Morgan fingerprint density at radius 2 is 2.00 bits per heavy atom. The van der Waals surface area contributed by atoms with Gasteiger partial charge >= 0.3 is 0 Å². The van der Waals surface area contributed by atoms with Crippen LogP contribution in [0.15, 0.2) is 40.9 Å². The summed E-state index contributed by atoms with van der Waals surface area (Å²) in [6.45, 7) is 2.05. The number of rotatable bonds is 1. The van der Waals surface area contributed by atoms with Crippen molar-refractivity contribution in [2.45, 2.75) is 25.5 Å². The van der Waals surface area contributed by atoms with E-state index in [4.69, 9.17) is 22.1 Å². The molecule has 2 N–H and O–H groups in total.